The number of alkyl halides is 6. The van der Waals surface area contributed by atoms with E-state index in [4.69, 9.17) is 9.73 Å². The molecule has 0 N–H and O–H groups in total. The van der Waals surface area contributed by atoms with Gasteiger partial charge in [0.1, 0.15) is 5.82 Å². The zero-order valence-corrected chi connectivity index (χ0v) is 29.2. The zero-order valence-electron chi connectivity index (χ0n) is 29.2. The van der Waals surface area contributed by atoms with E-state index in [1.165, 1.54) is 37.9 Å². The number of dihydropyridines is 1. The Kier molecular flexibility index (Phi) is 9.86. The summed E-state index contributed by atoms with van der Waals surface area (Å²) in [5, 5.41) is 0. The maximum Gasteiger partial charge on any atom is 0.416 e. The van der Waals surface area contributed by atoms with Crippen LogP contribution in [0.3, 0.4) is 0 Å². The van der Waals surface area contributed by atoms with E-state index >= 15 is 0 Å². The van der Waals surface area contributed by atoms with E-state index in [2.05, 4.69) is 0 Å². The average molecular weight is 709 g/mol. The van der Waals surface area contributed by atoms with Gasteiger partial charge in [0.15, 0.2) is 0 Å². The first-order valence-electron chi connectivity index (χ1n) is 16.9. The summed E-state index contributed by atoms with van der Waals surface area (Å²) in [6, 6.07) is 5.44. The fourth-order valence-electron chi connectivity index (χ4n) is 8.03. The molecule has 2 aromatic rings. The lowest BCUT2D eigenvalue weighted by Crippen LogP contribution is -2.42. The minimum Gasteiger partial charge on any atom is -0.466 e. The van der Waals surface area contributed by atoms with Crippen molar-refractivity contribution in [3.05, 3.63) is 75.7 Å². The smallest absolute Gasteiger partial charge is 0.416 e. The molecule has 1 heterocycles. The lowest BCUT2D eigenvalue weighted by Gasteiger charge is -2.37. The normalized spacial score (nSPS) is 24.2. The lowest BCUT2D eigenvalue weighted by atomic mass is 9.67. The van der Waals surface area contributed by atoms with Crippen LogP contribution < -0.4 is 0 Å². The number of hydrogen-bond donors (Lipinski definition) is 0. The molecule has 2 aromatic carbocycles. The maximum absolute atomic E-state index is 14.3. The van der Waals surface area contributed by atoms with Gasteiger partial charge in [0.2, 0.25) is 5.91 Å². The number of carbonyl (C=O) groups is 2. The Labute approximate surface area is 288 Å². The van der Waals surface area contributed by atoms with Crippen LogP contribution in [0.2, 0.25) is 0 Å². The predicted octanol–water partition coefficient (Wildman–Crippen LogP) is 9.41. The van der Waals surface area contributed by atoms with Crippen molar-refractivity contribution in [1.29, 1.82) is 0 Å². The second-order valence-corrected chi connectivity index (χ2v) is 15.0. The Morgan fingerprint density at radius 1 is 0.880 bits per heavy atom. The van der Waals surface area contributed by atoms with E-state index in [0.717, 1.165) is 31.3 Å². The molecule has 0 bridgehead atoms. The van der Waals surface area contributed by atoms with Gasteiger partial charge in [-0.15, -0.1) is 0 Å². The van der Waals surface area contributed by atoms with Crippen LogP contribution in [0.4, 0.5) is 30.7 Å². The molecule has 3 atom stereocenters. The molecule has 0 spiro atoms. The van der Waals surface area contributed by atoms with E-state index in [-0.39, 0.29) is 41.7 Å². The predicted molar refractivity (Wildman–Crippen MR) is 175 cm³/mol. The number of amides is 1. The Balaban J connectivity index is 1.49. The minimum atomic E-state index is -5.07. The van der Waals surface area contributed by atoms with Crippen molar-refractivity contribution < 1.29 is 45.1 Å². The first-order valence-corrected chi connectivity index (χ1v) is 16.9. The second kappa shape index (κ2) is 13.1. The molecule has 0 radical (unpaired) electrons. The van der Waals surface area contributed by atoms with Crippen molar-refractivity contribution in [3.63, 3.8) is 0 Å². The number of ether oxygens (including phenoxy) is 1. The van der Waals surface area contributed by atoms with Crippen LogP contribution in [0.1, 0.15) is 88.1 Å². The Morgan fingerprint density at radius 2 is 1.44 bits per heavy atom. The summed E-state index contributed by atoms with van der Waals surface area (Å²) in [5.74, 6) is -1.03. The van der Waals surface area contributed by atoms with Gasteiger partial charge in [-0.2, -0.15) is 26.3 Å². The highest BCUT2D eigenvalue weighted by atomic mass is 19.4. The quantitative estimate of drug-likeness (QED) is 0.203. The Hall–Kier alpha value is -3.70. The van der Waals surface area contributed by atoms with E-state index in [0.29, 0.717) is 35.6 Å². The first kappa shape index (κ1) is 37.6. The number of nitrogens with zero attached hydrogens (tertiary/aromatic N) is 2. The molecule has 0 aromatic heterocycles. The van der Waals surface area contributed by atoms with Gasteiger partial charge in [-0.25, -0.2) is 4.39 Å². The highest BCUT2D eigenvalue weighted by molar-refractivity contribution is 6.01. The molecule has 50 heavy (non-hydrogen) atoms. The van der Waals surface area contributed by atoms with Crippen LogP contribution in [0.15, 0.2) is 47.1 Å². The van der Waals surface area contributed by atoms with Crippen molar-refractivity contribution in [2.45, 2.75) is 91.0 Å². The van der Waals surface area contributed by atoms with Crippen LogP contribution in [0.5, 0.6) is 0 Å². The topological polar surface area (TPSA) is 59.0 Å². The highest BCUT2D eigenvalue weighted by Gasteiger charge is 2.59. The third-order valence-electron chi connectivity index (χ3n) is 11.1. The number of carbonyl (C=O) groups excluding carboxylic acids is 2. The molecule has 2 fully saturated rings. The van der Waals surface area contributed by atoms with E-state index in [1.807, 2.05) is 13.8 Å². The van der Waals surface area contributed by atoms with Crippen molar-refractivity contribution in [3.8, 4) is 0 Å². The van der Waals surface area contributed by atoms with Crippen LogP contribution in [-0.4, -0.2) is 42.7 Å². The molecule has 1 aliphatic heterocycles. The molecular formula is C38H43F7N2O3. The monoisotopic (exact) mass is 708 g/mol. The molecule has 5 rings (SSSR count). The Morgan fingerprint density at radius 3 is 1.96 bits per heavy atom. The summed E-state index contributed by atoms with van der Waals surface area (Å²) < 4.78 is 102. The maximum atomic E-state index is 14.3. The number of benzene rings is 2. The SMILES string of the molecule is CCOC(=O)C(C)(C)C1CCC(C2C3N=CC(N(C)C(=O)C(C)(C)c4cc(C(F)(F)F)cc(C(F)(F)F)c4)=C(c4ccc(F)cc4C)C32)CC1. The summed E-state index contributed by atoms with van der Waals surface area (Å²) in [6.07, 6.45) is -5.25. The average Bonchev–Trinajstić information content (AvgIpc) is 3.77. The summed E-state index contributed by atoms with van der Waals surface area (Å²) in [4.78, 5) is 33.0. The number of aryl methyl sites for hydroxylation is 1. The van der Waals surface area contributed by atoms with Gasteiger partial charge in [0.05, 0.1) is 40.3 Å². The summed E-state index contributed by atoms with van der Waals surface area (Å²) in [6.45, 7) is 10.3. The van der Waals surface area contributed by atoms with Gasteiger partial charge < -0.3 is 9.64 Å². The molecule has 2 saturated carbocycles. The van der Waals surface area contributed by atoms with Gasteiger partial charge >= 0.3 is 18.3 Å². The van der Waals surface area contributed by atoms with Gasteiger partial charge in [-0.1, -0.05) is 6.07 Å². The minimum absolute atomic E-state index is 0.0399. The molecule has 0 saturated heterocycles. The van der Waals surface area contributed by atoms with Crippen molar-refractivity contribution in [2.75, 3.05) is 13.7 Å². The Bertz CT molecular complexity index is 1680. The van der Waals surface area contributed by atoms with E-state index in [9.17, 15) is 40.3 Å². The van der Waals surface area contributed by atoms with Gasteiger partial charge in [-0.05, 0) is 138 Å². The van der Waals surface area contributed by atoms with Crippen LogP contribution >= 0.6 is 0 Å². The largest absolute Gasteiger partial charge is 0.466 e. The number of fused-ring (bicyclic) bond motifs is 1. The number of aliphatic imine (C=N–C) groups is 1. The second-order valence-electron chi connectivity index (χ2n) is 15.0. The van der Waals surface area contributed by atoms with E-state index in [1.54, 1.807) is 26.1 Å². The van der Waals surface area contributed by atoms with Crippen LogP contribution in [0, 0.1) is 41.8 Å². The fraction of sp³-hybridized carbons (Fsp3) is 0.553. The van der Waals surface area contributed by atoms with Crippen LogP contribution in [0.25, 0.3) is 5.57 Å². The molecule has 5 nitrogen and oxygen atoms in total. The molecule has 3 aliphatic rings. The number of likely N-dealkylation sites (N-methyl/N-ethyl adjacent to an activating group) is 1. The highest BCUT2D eigenvalue weighted by Crippen LogP contribution is 2.60. The third kappa shape index (κ3) is 6.95. The standard InChI is InChI=1S/C38H43F7N2O3/c1-8-50-34(49)36(5,6)22-11-9-21(10-12-22)29-31-30(27-14-13-26(39)15-20(27)2)28(19-46-32(29)31)47(7)33(48)35(3,4)23-16-24(37(40,41)42)18-25(17-23)38(43,44)45/h13-19,21-22,29,31-32H,8-12H2,1-7H3. The number of rotatable bonds is 8. The number of halogens is 7. The van der Waals surface area contributed by atoms with Gasteiger partial charge in [-0.3, -0.25) is 14.6 Å². The van der Waals surface area contributed by atoms with Crippen LogP contribution in [-0.2, 0) is 32.1 Å². The molecule has 3 unspecified atom stereocenters. The summed E-state index contributed by atoms with van der Waals surface area (Å²) in [5.41, 5.74) is -3.47. The van der Waals surface area contributed by atoms with Gasteiger partial charge in [0.25, 0.3) is 0 Å². The number of esters is 1. The molecular weight excluding hydrogens is 665 g/mol. The molecule has 1 amide bonds. The van der Waals surface area contributed by atoms with Gasteiger partial charge in [0, 0.05) is 19.2 Å². The van der Waals surface area contributed by atoms with Crippen molar-refractivity contribution >= 4 is 23.7 Å². The zero-order chi connectivity index (χ0) is 37.1. The molecule has 2 aliphatic carbocycles. The molecule has 272 valence electrons. The number of hydrogen-bond acceptors (Lipinski definition) is 4. The first-order chi connectivity index (χ1) is 23.1. The van der Waals surface area contributed by atoms with Crippen molar-refractivity contribution in [1.82, 2.24) is 4.90 Å². The number of allylic oxidation sites excluding steroid dienone is 1. The summed E-state index contributed by atoms with van der Waals surface area (Å²) >= 11 is 0. The lowest BCUT2D eigenvalue weighted by molar-refractivity contribution is -0.157. The van der Waals surface area contributed by atoms with E-state index < -0.39 is 51.6 Å². The van der Waals surface area contributed by atoms with Crippen molar-refractivity contribution in [2.24, 2.45) is 34.1 Å². The fourth-order valence-corrected chi connectivity index (χ4v) is 8.03. The summed E-state index contributed by atoms with van der Waals surface area (Å²) in [7, 11) is 1.43. The molecule has 12 heteroatoms. The third-order valence-corrected chi connectivity index (χ3v) is 11.1.